The second kappa shape index (κ2) is 4.39. The molecule has 0 saturated heterocycles. The molecule has 0 bridgehead atoms. The summed E-state index contributed by atoms with van der Waals surface area (Å²) in [5.74, 6) is 0. The third-order valence-corrected chi connectivity index (χ3v) is 4.01. The largest absolute Gasteiger partial charge is 0.397 e. The summed E-state index contributed by atoms with van der Waals surface area (Å²) in [4.78, 5) is 16.9. The molecule has 2 N–H and O–H groups in total. The van der Waals surface area contributed by atoms with E-state index in [-0.39, 0.29) is 5.56 Å². The Labute approximate surface area is 105 Å². The highest BCUT2D eigenvalue weighted by atomic mass is 79.9. The lowest BCUT2D eigenvalue weighted by molar-refractivity contribution is 0.763. The summed E-state index contributed by atoms with van der Waals surface area (Å²) in [6.45, 7) is 2.32. The number of nitrogen functional groups attached to an aromatic ring is 1. The molecule has 2 aromatic heterocycles. The molecule has 84 valence electrons. The second-order valence-corrected chi connectivity index (χ2v) is 5.19. The number of hydrogen-bond donors (Lipinski definition) is 1. The van der Waals surface area contributed by atoms with E-state index >= 15 is 0 Å². The van der Waals surface area contributed by atoms with Gasteiger partial charge in [-0.3, -0.25) is 9.78 Å². The van der Waals surface area contributed by atoms with Crippen LogP contribution in [-0.2, 0) is 6.54 Å². The molecule has 0 aromatic carbocycles. The van der Waals surface area contributed by atoms with Crippen LogP contribution in [0.1, 0.15) is 10.4 Å². The first-order valence-electron chi connectivity index (χ1n) is 4.62. The highest BCUT2D eigenvalue weighted by molar-refractivity contribution is 9.10. The van der Waals surface area contributed by atoms with Gasteiger partial charge in [0, 0.05) is 17.3 Å². The predicted molar refractivity (Wildman–Crippen MR) is 68.8 cm³/mol. The number of rotatable bonds is 2. The van der Waals surface area contributed by atoms with Gasteiger partial charge in [-0.15, -0.1) is 11.3 Å². The first-order chi connectivity index (χ1) is 7.59. The summed E-state index contributed by atoms with van der Waals surface area (Å²) >= 11 is 4.77. The van der Waals surface area contributed by atoms with E-state index in [9.17, 15) is 4.79 Å². The molecule has 2 heterocycles. The monoisotopic (exact) mass is 299 g/mol. The number of hydrogen-bond acceptors (Lipinski definition) is 4. The fraction of sp³-hybridized carbons (Fsp3) is 0.200. The molecule has 0 unspecified atom stereocenters. The van der Waals surface area contributed by atoms with Gasteiger partial charge in [-0.1, -0.05) is 0 Å². The molecule has 0 fully saturated rings. The molecule has 0 spiro atoms. The predicted octanol–water partition coefficient (Wildman–Crippen LogP) is 2.01. The molecular weight excluding hydrogens is 290 g/mol. The summed E-state index contributed by atoms with van der Waals surface area (Å²) in [5, 5.41) is 0. The molecule has 6 heteroatoms. The molecule has 0 aliphatic carbocycles. The molecule has 2 aromatic rings. The molecule has 4 nitrogen and oxygen atoms in total. The van der Waals surface area contributed by atoms with Crippen molar-refractivity contribution in [2.75, 3.05) is 5.73 Å². The number of halogens is 1. The van der Waals surface area contributed by atoms with Crippen molar-refractivity contribution in [2.24, 2.45) is 0 Å². The maximum atomic E-state index is 11.9. The van der Waals surface area contributed by atoms with E-state index in [4.69, 9.17) is 5.73 Å². The lowest BCUT2D eigenvalue weighted by atomic mass is 10.2. The van der Waals surface area contributed by atoms with Gasteiger partial charge in [0.05, 0.1) is 22.2 Å². The maximum Gasteiger partial charge on any atom is 0.265 e. The topological polar surface area (TPSA) is 60.9 Å². The summed E-state index contributed by atoms with van der Waals surface area (Å²) in [7, 11) is 0. The van der Waals surface area contributed by atoms with Crippen molar-refractivity contribution in [3.8, 4) is 0 Å². The van der Waals surface area contributed by atoms with Crippen molar-refractivity contribution in [3.05, 3.63) is 43.2 Å². The Balaban J connectivity index is 2.46. The normalized spacial score (nSPS) is 10.6. The Morgan fingerprint density at radius 2 is 2.38 bits per heavy atom. The fourth-order valence-corrected chi connectivity index (χ4v) is 2.39. The molecule has 0 saturated carbocycles. The van der Waals surface area contributed by atoms with Crippen LogP contribution in [0.3, 0.4) is 0 Å². The van der Waals surface area contributed by atoms with Crippen LogP contribution < -0.4 is 11.3 Å². The van der Waals surface area contributed by atoms with Gasteiger partial charge in [0.1, 0.15) is 0 Å². The van der Waals surface area contributed by atoms with Crippen molar-refractivity contribution in [1.29, 1.82) is 0 Å². The second-order valence-electron chi connectivity index (χ2n) is 3.42. The summed E-state index contributed by atoms with van der Waals surface area (Å²) in [6.07, 6.45) is 3.42. The number of pyridine rings is 1. The SMILES string of the molecule is Cc1c(N)cn(Cc2cncs2)c(=O)c1Br. The van der Waals surface area contributed by atoms with Crippen LogP contribution in [0.25, 0.3) is 0 Å². The van der Waals surface area contributed by atoms with Gasteiger partial charge in [-0.05, 0) is 28.4 Å². The summed E-state index contributed by atoms with van der Waals surface area (Å²) < 4.78 is 2.11. The minimum absolute atomic E-state index is 0.0694. The quantitative estimate of drug-likeness (QED) is 0.923. The third kappa shape index (κ3) is 2.03. The lowest BCUT2D eigenvalue weighted by Crippen LogP contribution is -2.22. The number of aromatic nitrogens is 2. The molecule has 0 aliphatic rings. The number of thiazole rings is 1. The summed E-state index contributed by atoms with van der Waals surface area (Å²) in [5.41, 5.74) is 8.88. The number of nitrogens with zero attached hydrogens (tertiary/aromatic N) is 2. The van der Waals surface area contributed by atoms with Crippen LogP contribution in [0.5, 0.6) is 0 Å². The van der Waals surface area contributed by atoms with Crippen LogP contribution in [0.15, 0.2) is 27.2 Å². The Bertz CT molecular complexity index is 562. The molecule has 0 atom stereocenters. The van der Waals surface area contributed by atoms with E-state index in [1.54, 1.807) is 22.5 Å². The highest BCUT2D eigenvalue weighted by Gasteiger charge is 2.08. The Hall–Kier alpha value is -1.14. The first-order valence-corrected chi connectivity index (χ1v) is 6.29. The van der Waals surface area contributed by atoms with E-state index in [1.165, 1.54) is 11.3 Å². The van der Waals surface area contributed by atoms with Gasteiger partial charge < -0.3 is 10.3 Å². The van der Waals surface area contributed by atoms with Crippen LogP contribution in [0, 0.1) is 6.92 Å². The van der Waals surface area contributed by atoms with E-state index < -0.39 is 0 Å². The Kier molecular flexibility index (Phi) is 3.11. The van der Waals surface area contributed by atoms with Crippen molar-refractivity contribution in [3.63, 3.8) is 0 Å². The van der Waals surface area contributed by atoms with E-state index in [0.717, 1.165) is 10.4 Å². The van der Waals surface area contributed by atoms with Crippen molar-refractivity contribution >= 4 is 33.0 Å². The van der Waals surface area contributed by atoms with Gasteiger partial charge in [0.25, 0.3) is 5.56 Å². The zero-order valence-electron chi connectivity index (χ0n) is 8.61. The molecule has 0 amide bonds. The van der Waals surface area contributed by atoms with E-state index in [0.29, 0.717) is 16.7 Å². The molecule has 16 heavy (non-hydrogen) atoms. The van der Waals surface area contributed by atoms with Crippen molar-refractivity contribution in [1.82, 2.24) is 9.55 Å². The standard InChI is InChI=1S/C10H10BrN3OS/c1-6-8(12)4-14(10(15)9(6)11)3-7-2-13-5-16-7/h2,4-5H,3,12H2,1H3. The van der Waals surface area contributed by atoms with E-state index in [2.05, 4.69) is 20.9 Å². The lowest BCUT2D eigenvalue weighted by Gasteiger charge is -2.08. The zero-order chi connectivity index (χ0) is 11.7. The first kappa shape index (κ1) is 11.3. The third-order valence-electron chi connectivity index (χ3n) is 2.32. The van der Waals surface area contributed by atoms with Gasteiger partial charge in [0.15, 0.2) is 0 Å². The van der Waals surface area contributed by atoms with Gasteiger partial charge in [-0.2, -0.15) is 0 Å². The molecule has 0 aliphatic heterocycles. The van der Waals surface area contributed by atoms with Gasteiger partial charge in [0.2, 0.25) is 0 Å². The van der Waals surface area contributed by atoms with Crippen molar-refractivity contribution < 1.29 is 0 Å². The van der Waals surface area contributed by atoms with Gasteiger partial charge >= 0.3 is 0 Å². The Morgan fingerprint density at radius 1 is 1.62 bits per heavy atom. The number of anilines is 1. The molecule has 2 rings (SSSR count). The van der Waals surface area contributed by atoms with Crippen LogP contribution >= 0.6 is 27.3 Å². The molecular formula is C10H10BrN3OS. The smallest absolute Gasteiger partial charge is 0.265 e. The molecule has 0 radical (unpaired) electrons. The number of nitrogens with two attached hydrogens (primary N) is 1. The average Bonchev–Trinajstić information content (AvgIpc) is 2.76. The van der Waals surface area contributed by atoms with Gasteiger partial charge in [-0.25, -0.2) is 0 Å². The van der Waals surface area contributed by atoms with Crippen molar-refractivity contribution in [2.45, 2.75) is 13.5 Å². The highest BCUT2D eigenvalue weighted by Crippen LogP contribution is 2.18. The zero-order valence-corrected chi connectivity index (χ0v) is 11.0. The van der Waals surface area contributed by atoms with Crippen LogP contribution in [0.4, 0.5) is 5.69 Å². The Morgan fingerprint density at radius 3 is 3.00 bits per heavy atom. The van der Waals surface area contributed by atoms with Crippen LogP contribution in [0.2, 0.25) is 0 Å². The van der Waals surface area contributed by atoms with Crippen LogP contribution in [-0.4, -0.2) is 9.55 Å². The fourth-order valence-electron chi connectivity index (χ4n) is 1.34. The minimum atomic E-state index is -0.0694. The van der Waals surface area contributed by atoms with E-state index in [1.807, 2.05) is 6.92 Å². The maximum absolute atomic E-state index is 11.9. The average molecular weight is 300 g/mol. The summed E-state index contributed by atoms with van der Waals surface area (Å²) in [6, 6.07) is 0. The minimum Gasteiger partial charge on any atom is -0.397 e.